The third kappa shape index (κ3) is 5.40. The summed E-state index contributed by atoms with van der Waals surface area (Å²) >= 11 is 6.15. The number of benzene rings is 1. The van der Waals surface area contributed by atoms with Crippen LogP contribution < -0.4 is 5.32 Å². The second-order valence-corrected chi connectivity index (χ2v) is 14.3. The number of fused-ring (bicyclic) bond motifs is 1. The number of nitrogens with zero attached hydrogens (tertiary/aromatic N) is 4. The van der Waals surface area contributed by atoms with Crippen molar-refractivity contribution < 1.29 is 14.0 Å². The first-order valence-corrected chi connectivity index (χ1v) is 13.6. The molecule has 0 spiro atoms. The molecular weight excluding hydrogens is 446 g/mol. The van der Waals surface area contributed by atoms with Crippen LogP contribution in [-0.4, -0.2) is 46.3 Å². The third-order valence-electron chi connectivity index (χ3n) is 5.86. The first-order chi connectivity index (χ1) is 15.0. The van der Waals surface area contributed by atoms with Gasteiger partial charge in [0.15, 0.2) is 19.1 Å². The summed E-state index contributed by atoms with van der Waals surface area (Å²) in [6.45, 7) is 11.0. The molecular formula is C22H28ClN5O3Si. The van der Waals surface area contributed by atoms with E-state index in [1.807, 2.05) is 6.07 Å². The summed E-state index contributed by atoms with van der Waals surface area (Å²) in [7, 11) is -2.09. The third-order valence-corrected chi connectivity index (χ3v) is 10.6. The molecule has 0 fully saturated rings. The molecule has 2 heterocycles. The predicted molar refractivity (Wildman–Crippen MR) is 126 cm³/mol. The highest BCUT2D eigenvalue weighted by molar-refractivity contribution is 6.74. The Morgan fingerprint density at radius 1 is 1.16 bits per heavy atom. The summed E-state index contributed by atoms with van der Waals surface area (Å²) in [6.07, 6.45) is 2.95. The Balaban J connectivity index is 1.84. The minimum Gasteiger partial charge on any atom is -0.415 e. The van der Waals surface area contributed by atoms with E-state index in [9.17, 15) is 9.59 Å². The Hall–Kier alpha value is -2.62. The number of hydrogen-bond acceptors (Lipinski definition) is 6. The smallest absolute Gasteiger partial charge is 0.257 e. The lowest BCUT2D eigenvalue weighted by Gasteiger charge is -2.37. The maximum atomic E-state index is 12.8. The zero-order chi connectivity index (χ0) is 23.5. The molecule has 1 N–H and O–H groups in total. The molecule has 2 amide bonds. The average Bonchev–Trinajstić information content (AvgIpc) is 3.16. The van der Waals surface area contributed by atoms with Crippen LogP contribution in [0.4, 0.5) is 0 Å². The van der Waals surface area contributed by atoms with Crippen molar-refractivity contribution in [3.63, 3.8) is 0 Å². The number of aromatic nitrogens is 4. The van der Waals surface area contributed by atoms with Crippen LogP contribution >= 0.6 is 11.6 Å². The number of nitrogens with one attached hydrogen (secondary N) is 1. The van der Waals surface area contributed by atoms with Gasteiger partial charge >= 0.3 is 0 Å². The summed E-state index contributed by atoms with van der Waals surface area (Å²) < 4.78 is 8.16. The molecule has 0 aliphatic carbocycles. The van der Waals surface area contributed by atoms with Gasteiger partial charge in [0.05, 0.1) is 25.4 Å². The van der Waals surface area contributed by atoms with Crippen molar-refractivity contribution in [1.82, 2.24) is 24.8 Å². The van der Waals surface area contributed by atoms with Crippen molar-refractivity contribution in [3.05, 3.63) is 53.7 Å². The summed E-state index contributed by atoms with van der Waals surface area (Å²) in [5.74, 6) is -0.856. The molecule has 1 atom stereocenters. The number of halogens is 1. The van der Waals surface area contributed by atoms with E-state index in [1.54, 1.807) is 35.2 Å². The number of hydrogen-bond donors (Lipinski definition) is 1. The van der Waals surface area contributed by atoms with Crippen molar-refractivity contribution in [3.8, 4) is 0 Å². The first-order valence-electron chi connectivity index (χ1n) is 10.4. The predicted octanol–water partition coefficient (Wildman–Crippen LogP) is 4.39. The van der Waals surface area contributed by atoms with Crippen molar-refractivity contribution in [1.29, 1.82) is 0 Å². The second-order valence-electron chi connectivity index (χ2n) is 9.16. The molecule has 0 aliphatic heterocycles. The highest BCUT2D eigenvalue weighted by Gasteiger charge is 2.38. The van der Waals surface area contributed by atoms with Gasteiger partial charge < -0.3 is 8.99 Å². The van der Waals surface area contributed by atoms with Gasteiger partial charge in [-0.1, -0.05) is 50.6 Å². The quantitative estimate of drug-likeness (QED) is 0.403. The molecule has 0 radical (unpaired) electrons. The molecule has 0 aliphatic rings. The van der Waals surface area contributed by atoms with E-state index in [4.69, 9.17) is 16.0 Å². The lowest BCUT2D eigenvalue weighted by molar-refractivity contribution is -0.121. The molecule has 3 rings (SSSR count). The van der Waals surface area contributed by atoms with Crippen LogP contribution in [-0.2, 0) is 9.22 Å². The largest absolute Gasteiger partial charge is 0.415 e. The lowest BCUT2D eigenvalue weighted by Crippen LogP contribution is -2.42. The first kappa shape index (κ1) is 24.0. The standard InChI is InChI=1S/C22H28ClN5O3Si/c1-22(2,3)32(4,5)31-12-16(28-14-26-18-19(23)24-13-25-20(18)28)11-17(29)27-21(30)15-9-7-6-8-10-15/h6-10,13-14,16H,11-12H2,1-5H3,(H,27,29,30). The van der Waals surface area contributed by atoms with Crippen molar-refractivity contribution in [2.45, 2.75) is 51.4 Å². The van der Waals surface area contributed by atoms with Gasteiger partial charge in [-0.3, -0.25) is 14.9 Å². The Kier molecular flexibility index (Phi) is 7.11. The van der Waals surface area contributed by atoms with Gasteiger partial charge in [-0.25, -0.2) is 15.0 Å². The molecule has 8 nitrogen and oxygen atoms in total. The van der Waals surface area contributed by atoms with Gasteiger partial charge in [0, 0.05) is 5.56 Å². The van der Waals surface area contributed by atoms with Gasteiger partial charge in [-0.2, -0.15) is 0 Å². The molecule has 0 saturated heterocycles. The fraction of sp³-hybridized carbons (Fsp3) is 0.409. The summed E-state index contributed by atoms with van der Waals surface area (Å²) in [5, 5.41) is 2.70. The summed E-state index contributed by atoms with van der Waals surface area (Å²) in [6, 6.07) is 8.19. The highest BCUT2D eigenvalue weighted by Crippen LogP contribution is 2.37. The van der Waals surface area contributed by atoms with Crippen LogP contribution in [0.2, 0.25) is 23.3 Å². The van der Waals surface area contributed by atoms with E-state index >= 15 is 0 Å². The van der Waals surface area contributed by atoms with E-state index in [-0.39, 0.29) is 23.2 Å². The zero-order valence-corrected chi connectivity index (χ0v) is 20.7. The van der Waals surface area contributed by atoms with E-state index in [0.29, 0.717) is 16.7 Å². The second kappa shape index (κ2) is 9.48. The molecule has 1 aromatic carbocycles. The zero-order valence-electron chi connectivity index (χ0n) is 18.9. The molecule has 32 heavy (non-hydrogen) atoms. The summed E-state index contributed by atoms with van der Waals surface area (Å²) in [5.41, 5.74) is 1.38. The molecule has 0 saturated carbocycles. The van der Waals surface area contributed by atoms with E-state index in [1.165, 1.54) is 6.33 Å². The van der Waals surface area contributed by atoms with Crippen LogP contribution in [0, 0.1) is 0 Å². The highest BCUT2D eigenvalue weighted by atomic mass is 35.5. The van der Waals surface area contributed by atoms with E-state index in [0.717, 1.165) is 0 Å². The lowest BCUT2D eigenvalue weighted by atomic mass is 10.2. The van der Waals surface area contributed by atoms with Gasteiger partial charge in [0.1, 0.15) is 11.8 Å². The van der Waals surface area contributed by atoms with Crippen LogP contribution in [0.3, 0.4) is 0 Å². The SMILES string of the molecule is CC(C)(C)[Si](C)(C)OCC(CC(=O)NC(=O)c1ccccc1)n1cnc2c(Cl)ncnc21. The van der Waals surface area contributed by atoms with Crippen LogP contribution in [0.15, 0.2) is 43.0 Å². The summed E-state index contributed by atoms with van der Waals surface area (Å²) in [4.78, 5) is 37.8. The number of amides is 2. The number of carbonyl (C=O) groups excluding carboxylic acids is 2. The maximum absolute atomic E-state index is 12.8. The van der Waals surface area contributed by atoms with Gasteiger partial charge in [0.25, 0.3) is 5.91 Å². The van der Waals surface area contributed by atoms with Crippen molar-refractivity contribution in [2.24, 2.45) is 0 Å². The van der Waals surface area contributed by atoms with Crippen molar-refractivity contribution in [2.75, 3.05) is 6.61 Å². The molecule has 10 heteroatoms. The topological polar surface area (TPSA) is 99.0 Å². The number of imide groups is 1. The number of rotatable bonds is 7. The fourth-order valence-corrected chi connectivity index (χ4v) is 4.12. The van der Waals surface area contributed by atoms with Gasteiger partial charge in [0.2, 0.25) is 5.91 Å². The van der Waals surface area contributed by atoms with Gasteiger partial charge in [-0.05, 0) is 30.3 Å². The van der Waals surface area contributed by atoms with Crippen LogP contribution in [0.5, 0.6) is 0 Å². The monoisotopic (exact) mass is 473 g/mol. The molecule has 2 aromatic heterocycles. The van der Waals surface area contributed by atoms with Gasteiger partial charge in [-0.15, -0.1) is 0 Å². The van der Waals surface area contributed by atoms with Crippen molar-refractivity contribution >= 4 is 42.9 Å². The number of carbonyl (C=O) groups is 2. The Labute approximate surface area is 193 Å². The Bertz CT molecular complexity index is 1110. The fourth-order valence-electron chi connectivity index (χ4n) is 2.90. The number of imidazole rings is 1. The van der Waals surface area contributed by atoms with E-state index < -0.39 is 26.2 Å². The molecule has 170 valence electrons. The normalized spacial score (nSPS) is 13.2. The minimum absolute atomic E-state index is 0.00552. The average molecular weight is 474 g/mol. The Morgan fingerprint density at radius 3 is 2.50 bits per heavy atom. The molecule has 1 unspecified atom stereocenters. The van der Waals surface area contributed by atoms with Crippen LogP contribution in [0.1, 0.15) is 43.6 Å². The van der Waals surface area contributed by atoms with Crippen LogP contribution in [0.25, 0.3) is 11.2 Å². The van der Waals surface area contributed by atoms with E-state index in [2.05, 4.69) is 54.1 Å². The minimum atomic E-state index is -2.09. The molecule has 3 aromatic rings. The Morgan fingerprint density at radius 2 is 1.84 bits per heavy atom. The maximum Gasteiger partial charge on any atom is 0.257 e. The molecule has 0 bridgehead atoms.